The minimum absolute atomic E-state index is 0.0354. The fourth-order valence-corrected chi connectivity index (χ4v) is 7.45. The Morgan fingerprint density at radius 3 is 2.46 bits per heavy atom. The highest BCUT2D eigenvalue weighted by Gasteiger charge is 2.36. The first-order valence-electron chi connectivity index (χ1n) is 12.9. The maximum absolute atomic E-state index is 13.6. The molecule has 37 heavy (non-hydrogen) atoms. The molecular weight excluding hydrogens is 512 g/mol. The van der Waals surface area contributed by atoms with E-state index in [1.807, 2.05) is 29.2 Å². The topological polar surface area (TPSA) is 81.2 Å². The number of rotatable bonds is 4. The van der Waals surface area contributed by atoms with Gasteiger partial charge in [-0.05, 0) is 67.6 Å². The number of carbonyl (C=O) groups excluding carboxylic acids is 2. The number of hydrogen-bond donors (Lipinski definition) is 0. The number of aryl methyl sites for hydroxylation is 1. The van der Waals surface area contributed by atoms with Gasteiger partial charge in [0.05, 0.1) is 10.8 Å². The zero-order chi connectivity index (χ0) is 26.2. The molecule has 0 unspecified atom stereocenters. The van der Waals surface area contributed by atoms with Gasteiger partial charge in [-0.1, -0.05) is 17.7 Å². The number of amides is 2. The molecule has 3 aliphatic heterocycles. The molecule has 2 aromatic rings. The molecule has 2 aromatic carbocycles. The molecule has 2 fully saturated rings. The number of benzene rings is 2. The van der Waals surface area contributed by atoms with Gasteiger partial charge < -0.3 is 14.7 Å². The van der Waals surface area contributed by atoms with Crippen LogP contribution >= 0.6 is 11.6 Å². The molecule has 3 heterocycles. The third-order valence-corrected chi connectivity index (χ3v) is 9.78. The molecule has 10 heteroatoms. The number of fused-ring (bicyclic) bond motifs is 1. The number of piperazine rings is 1. The second-order valence-corrected chi connectivity index (χ2v) is 12.4. The van der Waals surface area contributed by atoms with Crippen molar-refractivity contribution in [1.82, 2.24) is 9.21 Å². The summed E-state index contributed by atoms with van der Waals surface area (Å²) in [5, 5.41) is 0.689. The lowest BCUT2D eigenvalue weighted by Gasteiger charge is -2.39. The van der Waals surface area contributed by atoms with Gasteiger partial charge in [-0.3, -0.25) is 9.59 Å². The van der Waals surface area contributed by atoms with Crippen LogP contribution in [0.25, 0.3) is 0 Å². The van der Waals surface area contributed by atoms with Crippen LogP contribution in [0, 0.1) is 5.92 Å². The van der Waals surface area contributed by atoms with Crippen LogP contribution < -0.4 is 9.80 Å². The molecule has 0 aliphatic carbocycles. The van der Waals surface area contributed by atoms with Gasteiger partial charge in [-0.25, -0.2) is 8.42 Å². The molecule has 8 nitrogen and oxygen atoms in total. The summed E-state index contributed by atoms with van der Waals surface area (Å²) in [6, 6.07) is 12.8. The highest BCUT2D eigenvalue weighted by atomic mass is 35.5. The van der Waals surface area contributed by atoms with Gasteiger partial charge in [0, 0.05) is 69.1 Å². The Morgan fingerprint density at radius 2 is 1.73 bits per heavy atom. The Hall–Kier alpha value is -2.62. The predicted octanol–water partition coefficient (Wildman–Crippen LogP) is 3.39. The number of nitrogens with zero attached hydrogens (tertiary/aromatic N) is 4. The van der Waals surface area contributed by atoms with Crippen molar-refractivity contribution in [3.8, 4) is 0 Å². The minimum Gasteiger partial charge on any atom is -0.368 e. The van der Waals surface area contributed by atoms with Crippen LogP contribution in [0.4, 0.5) is 11.4 Å². The lowest BCUT2D eigenvalue weighted by atomic mass is 9.97. The van der Waals surface area contributed by atoms with Crippen molar-refractivity contribution in [1.29, 1.82) is 0 Å². The summed E-state index contributed by atoms with van der Waals surface area (Å²) in [6.07, 6.45) is 2.89. The Labute approximate surface area is 223 Å². The Morgan fingerprint density at radius 1 is 0.946 bits per heavy atom. The number of hydrogen-bond acceptors (Lipinski definition) is 5. The highest BCUT2D eigenvalue weighted by molar-refractivity contribution is 7.89. The molecule has 0 bridgehead atoms. The van der Waals surface area contributed by atoms with Crippen molar-refractivity contribution in [2.45, 2.75) is 37.5 Å². The molecule has 0 radical (unpaired) electrons. The summed E-state index contributed by atoms with van der Waals surface area (Å²) >= 11 is 6.13. The third kappa shape index (κ3) is 5.35. The number of anilines is 2. The van der Waals surface area contributed by atoms with Gasteiger partial charge in [-0.2, -0.15) is 4.31 Å². The second kappa shape index (κ2) is 10.6. The third-order valence-electron chi connectivity index (χ3n) is 7.69. The number of piperidine rings is 1. The first kappa shape index (κ1) is 26.0. The van der Waals surface area contributed by atoms with E-state index in [-0.39, 0.29) is 29.2 Å². The van der Waals surface area contributed by atoms with Crippen molar-refractivity contribution in [2.75, 3.05) is 55.6 Å². The molecule has 0 aromatic heterocycles. The van der Waals surface area contributed by atoms with E-state index in [1.165, 1.54) is 11.2 Å². The Kier molecular flexibility index (Phi) is 7.47. The van der Waals surface area contributed by atoms with Crippen LogP contribution in [0.3, 0.4) is 0 Å². The SMILES string of the molecule is CC(=O)N1CCCc2cc(S(=O)(=O)N3CCC[C@H](C(=O)N4CCN(c5cccc(Cl)c5)CC4)C3)ccc21. The van der Waals surface area contributed by atoms with Gasteiger partial charge in [0.2, 0.25) is 21.8 Å². The van der Waals surface area contributed by atoms with Gasteiger partial charge >= 0.3 is 0 Å². The quantitative estimate of drug-likeness (QED) is 0.589. The molecule has 5 rings (SSSR count). The number of sulfonamides is 1. The van der Waals surface area contributed by atoms with Crippen molar-refractivity contribution < 1.29 is 18.0 Å². The van der Waals surface area contributed by atoms with Crippen molar-refractivity contribution in [3.63, 3.8) is 0 Å². The molecule has 3 aliphatic rings. The van der Waals surface area contributed by atoms with E-state index in [9.17, 15) is 18.0 Å². The summed E-state index contributed by atoms with van der Waals surface area (Å²) in [5.74, 6) is -0.345. The summed E-state index contributed by atoms with van der Waals surface area (Å²) in [6.45, 7) is 5.43. The standard InChI is InChI=1S/C27H33ClN4O4S/c1-20(33)32-12-4-5-21-17-25(9-10-26(21)32)37(35,36)31-11-3-6-22(19-31)27(34)30-15-13-29(14-16-30)24-8-2-7-23(28)18-24/h2,7-10,17-18,22H,3-6,11-16,19H2,1H3/t22-/m0/s1. The summed E-state index contributed by atoms with van der Waals surface area (Å²) in [7, 11) is -3.74. The van der Waals surface area contributed by atoms with E-state index < -0.39 is 10.0 Å². The smallest absolute Gasteiger partial charge is 0.243 e. The summed E-state index contributed by atoms with van der Waals surface area (Å²) in [4.78, 5) is 31.4. The first-order chi connectivity index (χ1) is 17.7. The van der Waals surface area contributed by atoms with E-state index in [0.717, 1.165) is 29.8 Å². The van der Waals surface area contributed by atoms with Crippen molar-refractivity contribution in [3.05, 3.63) is 53.1 Å². The Balaban J connectivity index is 1.25. The molecule has 1 atom stereocenters. The second-order valence-electron chi connectivity index (χ2n) is 10.1. The van der Waals surface area contributed by atoms with Crippen LogP contribution in [-0.2, 0) is 26.0 Å². The monoisotopic (exact) mass is 544 g/mol. The predicted molar refractivity (Wildman–Crippen MR) is 145 cm³/mol. The molecule has 198 valence electrons. The molecule has 2 saturated heterocycles. The van der Waals surface area contributed by atoms with Gasteiger partial charge in [-0.15, -0.1) is 0 Å². The van der Waals surface area contributed by atoms with Gasteiger partial charge in [0.25, 0.3) is 0 Å². The van der Waals surface area contributed by atoms with E-state index >= 15 is 0 Å². The van der Waals surface area contributed by atoms with Crippen molar-refractivity contribution >= 4 is 44.8 Å². The highest BCUT2D eigenvalue weighted by Crippen LogP contribution is 2.32. The summed E-state index contributed by atoms with van der Waals surface area (Å²) in [5.41, 5.74) is 2.72. The molecule has 0 N–H and O–H groups in total. The van der Waals surface area contributed by atoms with Crippen LogP contribution in [-0.4, -0.2) is 75.3 Å². The number of halogens is 1. The fraction of sp³-hybridized carbons (Fsp3) is 0.481. The lowest BCUT2D eigenvalue weighted by molar-refractivity contribution is -0.137. The molecular formula is C27H33ClN4O4S. The van der Waals surface area contributed by atoms with Crippen LogP contribution in [0.15, 0.2) is 47.4 Å². The maximum Gasteiger partial charge on any atom is 0.243 e. The average molecular weight is 545 g/mol. The van der Waals surface area contributed by atoms with Gasteiger partial charge in [0.1, 0.15) is 0 Å². The first-order valence-corrected chi connectivity index (χ1v) is 14.8. The molecule has 0 saturated carbocycles. The largest absolute Gasteiger partial charge is 0.368 e. The lowest BCUT2D eigenvalue weighted by Crippen LogP contribution is -2.53. The van der Waals surface area contributed by atoms with E-state index in [1.54, 1.807) is 23.1 Å². The molecule has 0 spiro atoms. The average Bonchev–Trinajstić information content (AvgIpc) is 2.92. The van der Waals surface area contributed by atoms with Crippen molar-refractivity contribution in [2.24, 2.45) is 5.92 Å². The zero-order valence-corrected chi connectivity index (χ0v) is 22.7. The van der Waals surface area contributed by atoms with Crippen LogP contribution in [0.2, 0.25) is 5.02 Å². The fourth-order valence-electron chi connectivity index (χ4n) is 5.69. The van der Waals surface area contributed by atoms with E-state index in [0.29, 0.717) is 57.1 Å². The van der Waals surface area contributed by atoms with E-state index in [4.69, 9.17) is 11.6 Å². The zero-order valence-electron chi connectivity index (χ0n) is 21.1. The van der Waals surface area contributed by atoms with E-state index in [2.05, 4.69) is 4.90 Å². The van der Waals surface area contributed by atoms with Gasteiger partial charge in [0.15, 0.2) is 0 Å². The Bertz CT molecular complexity index is 1290. The molecule has 2 amide bonds. The van der Waals surface area contributed by atoms with Crippen LogP contribution in [0.5, 0.6) is 0 Å². The maximum atomic E-state index is 13.6. The number of carbonyl (C=O) groups is 2. The minimum atomic E-state index is -3.74. The van der Waals surface area contributed by atoms with Crippen LogP contribution in [0.1, 0.15) is 31.7 Å². The summed E-state index contributed by atoms with van der Waals surface area (Å²) < 4.78 is 28.6. The normalized spacial score (nSPS) is 21.0.